The Bertz CT molecular complexity index is 1640. The maximum atomic E-state index is 15.5. The second kappa shape index (κ2) is 13.1. The standard InChI is InChI=1S/C29H31ClFNO12/c1-11(2)17(10-33)32-9-15(27(38)39)22(34)14-7-13(19(42-3)8-16(14)32)6-12-4-5-18(20(30)21(12)31)43-29-25(37)23(35)24(36)26(44-29)28(40)41/h4-5,7-9,11,17,23-26,29,33,35-37H,6,10H2,1-3H3,(H,38,39)(H,40,41)/t17-,23?,24?,25?,26?,29?/m1/s1. The highest BCUT2D eigenvalue weighted by Gasteiger charge is 2.48. The Kier molecular flexibility index (Phi) is 9.83. The first-order valence-corrected chi connectivity index (χ1v) is 13.7. The average Bonchev–Trinajstić information content (AvgIpc) is 2.97. The highest BCUT2D eigenvalue weighted by molar-refractivity contribution is 6.32. The van der Waals surface area contributed by atoms with Crippen LogP contribution in [0.15, 0.2) is 35.3 Å². The number of aromatic carboxylic acids is 1. The van der Waals surface area contributed by atoms with Gasteiger partial charge in [0.15, 0.2) is 6.10 Å². The van der Waals surface area contributed by atoms with Crippen LogP contribution < -0.4 is 14.9 Å². The van der Waals surface area contributed by atoms with Gasteiger partial charge in [-0.1, -0.05) is 31.5 Å². The molecule has 0 spiro atoms. The molecule has 2 aromatic carbocycles. The van der Waals surface area contributed by atoms with E-state index in [1.807, 2.05) is 13.8 Å². The molecule has 0 radical (unpaired) electrons. The fourth-order valence-electron chi connectivity index (χ4n) is 5.08. The number of halogens is 2. The minimum Gasteiger partial charge on any atom is -0.496 e. The number of ether oxygens (including phenoxy) is 3. The molecule has 0 aliphatic carbocycles. The minimum absolute atomic E-state index is 0.00317. The number of fused-ring (bicyclic) bond motifs is 1. The number of pyridine rings is 1. The van der Waals surface area contributed by atoms with Gasteiger partial charge in [0.1, 0.15) is 46.2 Å². The van der Waals surface area contributed by atoms with Crippen molar-refractivity contribution in [2.75, 3.05) is 13.7 Å². The van der Waals surface area contributed by atoms with Crippen LogP contribution in [0.1, 0.15) is 41.4 Å². The van der Waals surface area contributed by atoms with Gasteiger partial charge in [-0.15, -0.1) is 0 Å². The van der Waals surface area contributed by atoms with Gasteiger partial charge < -0.3 is 49.4 Å². The Morgan fingerprint density at radius 2 is 1.75 bits per heavy atom. The van der Waals surface area contributed by atoms with Crippen molar-refractivity contribution in [3.63, 3.8) is 0 Å². The van der Waals surface area contributed by atoms with Crippen molar-refractivity contribution < 1.29 is 58.8 Å². The zero-order valence-corrected chi connectivity index (χ0v) is 24.4. The number of carboxylic acids is 2. The molecular weight excluding hydrogens is 609 g/mol. The lowest BCUT2D eigenvalue weighted by Crippen LogP contribution is -2.61. The fraction of sp³-hybridized carbons (Fsp3) is 0.414. The van der Waals surface area contributed by atoms with Crippen molar-refractivity contribution in [1.29, 1.82) is 0 Å². The number of carbonyl (C=O) groups is 2. The monoisotopic (exact) mass is 639 g/mol. The molecule has 6 N–H and O–H groups in total. The van der Waals surface area contributed by atoms with Crippen molar-refractivity contribution in [3.05, 3.63) is 68.2 Å². The number of aliphatic carboxylic acids is 1. The molecule has 6 atom stereocenters. The van der Waals surface area contributed by atoms with Gasteiger partial charge >= 0.3 is 11.9 Å². The van der Waals surface area contributed by atoms with E-state index in [9.17, 15) is 45.0 Å². The quantitative estimate of drug-likeness (QED) is 0.187. The summed E-state index contributed by atoms with van der Waals surface area (Å²) in [6.07, 6.45) is -8.58. The average molecular weight is 640 g/mol. The first-order valence-electron chi connectivity index (χ1n) is 13.4. The molecular formula is C29H31ClFNO12. The van der Waals surface area contributed by atoms with Crippen LogP contribution in [0.4, 0.5) is 4.39 Å². The number of hydrogen-bond donors (Lipinski definition) is 6. The second-order valence-corrected chi connectivity index (χ2v) is 11.0. The van der Waals surface area contributed by atoms with Gasteiger partial charge in [-0.3, -0.25) is 4.79 Å². The lowest BCUT2D eigenvalue weighted by Gasteiger charge is -2.38. The summed E-state index contributed by atoms with van der Waals surface area (Å²) in [6, 6.07) is 4.79. The summed E-state index contributed by atoms with van der Waals surface area (Å²) >= 11 is 6.21. The minimum atomic E-state index is -1.95. The summed E-state index contributed by atoms with van der Waals surface area (Å²) in [7, 11) is 1.36. The van der Waals surface area contributed by atoms with E-state index in [4.69, 9.17) is 25.8 Å². The molecule has 1 saturated heterocycles. The SMILES string of the molecule is COc1cc2c(cc1Cc1ccc(OC3OC(C(=O)O)C(O)C(O)C3O)c(Cl)c1F)c(=O)c(C(=O)O)cn2[C@H](CO)C(C)C. The van der Waals surface area contributed by atoms with Crippen molar-refractivity contribution in [1.82, 2.24) is 4.57 Å². The fourth-order valence-corrected chi connectivity index (χ4v) is 5.30. The summed E-state index contributed by atoms with van der Waals surface area (Å²) in [5, 5.41) is 58.5. The predicted octanol–water partition coefficient (Wildman–Crippen LogP) is 1.55. The van der Waals surface area contributed by atoms with E-state index in [-0.39, 0.29) is 41.4 Å². The van der Waals surface area contributed by atoms with Crippen LogP contribution in [-0.4, -0.2) is 91.6 Å². The molecule has 15 heteroatoms. The topological polar surface area (TPSA) is 205 Å². The molecule has 5 unspecified atom stereocenters. The number of hydrogen-bond acceptors (Lipinski definition) is 10. The van der Waals surface area contributed by atoms with E-state index in [1.165, 1.54) is 42.1 Å². The van der Waals surface area contributed by atoms with Crippen molar-refractivity contribution >= 4 is 34.4 Å². The smallest absolute Gasteiger partial charge is 0.341 e. The Labute approximate surface area is 254 Å². The highest BCUT2D eigenvalue weighted by atomic mass is 35.5. The molecule has 0 bridgehead atoms. The van der Waals surface area contributed by atoms with Crippen LogP contribution in [0.5, 0.6) is 11.5 Å². The third-order valence-electron chi connectivity index (χ3n) is 7.54. The number of rotatable bonds is 10. The molecule has 1 aromatic heterocycles. The van der Waals surface area contributed by atoms with E-state index < -0.39 is 70.5 Å². The molecule has 3 aromatic rings. The van der Waals surface area contributed by atoms with Crippen LogP contribution in [0.2, 0.25) is 5.02 Å². The van der Waals surface area contributed by atoms with Gasteiger partial charge in [0, 0.05) is 24.1 Å². The number of aromatic nitrogens is 1. The van der Waals surface area contributed by atoms with Crippen LogP contribution >= 0.6 is 11.6 Å². The number of benzene rings is 2. The van der Waals surface area contributed by atoms with Crippen LogP contribution in [0.3, 0.4) is 0 Å². The number of nitrogens with zero attached hydrogens (tertiary/aromatic N) is 1. The maximum absolute atomic E-state index is 15.5. The zero-order valence-electron chi connectivity index (χ0n) is 23.7. The number of aliphatic hydroxyl groups is 4. The van der Waals surface area contributed by atoms with Crippen molar-refractivity contribution in [2.45, 2.75) is 57.0 Å². The summed E-state index contributed by atoms with van der Waals surface area (Å²) in [4.78, 5) is 36.5. The summed E-state index contributed by atoms with van der Waals surface area (Å²) < 4.78 is 33.0. The largest absolute Gasteiger partial charge is 0.496 e. The molecule has 13 nitrogen and oxygen atoms in total. The highest BCUT2D eigenvalue weighted by Crippen LogP contribution is 2.36. The molecule has 4 rings (SSSR count). The van der Waals surface area contributed by atoms with Crippen molar-refractivity contribution in [2.24, 2.45) is 5.92 Å². The van der Waals surface area contributed by atoms with E-state index in [0.29, 0.717) is 11.1 Å². The van der Waals surface area contributed by atoms with Crippen LogP contribution in [0.25, 0.3) is 10.9 Å². The van der Waals surface area contributed by atoms with Crippen LogP contribution in [0, 0.1) is 11.7 Å². The van der Waals surface area contributed by atoms with Gasteiger partial charge in [-0.05, 0) is 29.2 Å². The predicted molar refractivity (Wildman–Crippen MR) is 152 cm³/mol. The third-order valence-corrected chi connectivity index (χ3v) is 7.89. The molecule has 0 saturated carbocycles. The molecule has 1 aliphatic heterocycles. The molecule has 44 heavy (non-hydrogen) atoms. The van der Waals surface area contributed by atoms with Gasteiger partial charge in [-0.25, -0.2) is 14.0 Å². The van der Waals surface area contributed by atoms with Gasteiger partial charge in [0.2, 0.25) is 11.7 Å². The van der Waals surface area contributed by atoms with Gasteiger partial charge in [0.05, 0.1) is 25.3 Å². The van der Waals surface area contributed by atoms with E-state index >= 15 is 4.39 Å². The number of aliphatic hydroxyl groups excluding tert-OH is 4. The van der Waals surface area contributed by atoms with Crippen LogP contribution in [-0.2, 0) is 16.0 Å². The first kappa shape index (κ1) is 33.1. The Hall–Kier alpha value is -3.79. The van der Waals surface area contributed by atoms with E-state index in [1.54, 1.807) is 0 Å². The molecule has 2 heterocycles. The second-order valence-electron chi connectivity index (χ2n) is 10.6. The molecule has 1 aliphatic rings. The molecule has 238 valence electrons. The normalized spacial score (nSPS) is 22.6. The van der Waals surface area contributed by atoms with Gasteiger partial charge in [0.25, 0.3) is 0 Å². The summed E-state index contributed by atoms with van der Waals surface area (Å²) in [5.41, 5.74) is -0.707. The van der Waals surface area contributed by atoms with Crippen molar-refractivity contribution in [3.8, 4) is 11.5 Å². The lowest BCUT2D eigenvalue weighted by molar-refractivity contribution is -0.271. The Morgan fingerprint density at radius 1 is 1.07 bits per heavy atom. The van der Waals surface area contributed by atoms with Gasteiger partial charge in [-0.2, -0.15) is 0 Å². The lowest BCUT2D eigenvalue weighted by atomic mass is 9.98. The summed E-state index contributed by atoms with van der Waals surface area (Å²) in [6.45, 7) is 3.32. The molecule has 1 fully saturated rings. The number of methoxy groups -OCH3 is 1. The Morgan fingerprint density at radius 3 is 2.32 bits per heavy atom. The number of carboxylic acid groups (broad SMARTS) is 2. The van der Waals surface area contributed by atoms with E-state index in [2.05, 4.69) is 0 Å². The maximum Gasteiger partial charge on any atom is 0.341 e. The zero-order chi connectivity index (χ0) is 32.6. The third kappa shape index (κ3) is 6.09. The summed E-state index contributed by atoms with van der Waals surface area (Å²) in [5.74, 6) is -4.35. The van der Waals surface area contributed by atoms with E-state index in [0.717, 1.165) is 0 Å². The Balaban J connectivity index is 1.74. The first-order chi connectivity index (χ1) is 20.7. The molecule has 0 amide bonds.